The molecule has 2 aromatic rings. The van der Waals surface area contributed by atoms with Crippen molar-refractivity contribution in [3.8, 4) is 0 Å². The number of hydrogen-bond acceptors (Lipinski definition) is 3. The molecule has 0 bridgehead atoms. The van der Waals surface area contributed by atoms with E-state index in [0.717, 1.165) is 24.1 Å². The Labute approximate surface area is 151 Å². The van der Waals surface area contributed by atoms with E-state index in [1.54, 1.807) is 0 Å². The van der Waals surface area contributed by atoms with Crippen LogP contribution in [0.3, 0.4) is 0 Å². The van der Waals surface area contributed by atoms with Gasteiger partial charge in [0.15, 0.2) is 0 Å². The number of nitrogens with zero attached hydrogens (tertiary/aromatic N) is 1. The van der Waals surface area contributed by atoms with Gasteiger partial charge in [0.1, 0.15) is 6.04 Å². The summed E-state index contributed by atoms with van der Waals surface area (Å²) in [4.78, 5) is 14.5. The van der Waals surface area contributed by atoms with Crippen LogP contribution in [-0.2, 0) is 11.3 Å². The largest absolute Gasteiger partial charge is 0.354 e. The summed E-state index contributed by atoms with van der Waals surface area (Å²) in [6.07, 6.45) is 0.885. The molecular weight excluding hydrogens is 310 g/mol. The van der Waals surface area contributed by atoms with Gasteiger partial charge in [-0.15, -0.1) is 0 Å². The Morgan fingerprint density at radius 2 is 1.76 bits per heavy atom. The average molecular weight is 339 g/mol. The van der Waals surface area contributed by atoms with Gasteiger partial charge in [0.2, 0.25) is 5.91 Å². The van der Waals surface area contributed by atoms with Crippen LogP contribution in [0.5, 0.6) is 0 Å². The maximum atomic E-state index is 12.2. The first kappa shape index (κ1) is 19.2. The highest BCUT2D eigenvalue weighted by Crippen LogP contribution is 2.12. The summed E-state index contributed by atoms with van der Waals surface area (Å²) in [5.74, 6) is -0.123. The quantitative estimate of drug-likeness (QED) is 0.777. The van der Waals surface area contributed by atoms with Crippen LogP contribution in [0.2, 0.25) is 0 Å². The molecule has 0 saturated heterocycles. The van der Waals surface area contributed by atoms with Crippen molar-refractivity contribution in [3.63, 3.8) is 0 Å². The van der Waals surface area contributed by atoms with Crippen LogP contribution in [0, 0.1) is 6.92 Å². The van der Waals surface area contributed by atoms with Gasteiger partial charge >= 0.3 is 0 Å². The van der Waals surface area contributed by atoms with E-state index in [1.807, 2.05) is 37.3 Å². The molecule has 4 nitrogen and oxygen atoms in total. The van der Waals surface area contributed by atoms with Crippen LogP contribution >= 0.6 is 0 Å². The molecule has 0 heterocycles. The van der Waals surface area contributed by atoms with Crippen molar-refractivity contribution in [2.75, 3.05) is 13.6 Å². The van der Waals surface area contributed by atoms with E-state index in [9.17, 15) is 4.79 Å². The van der Waals surface area contributed by atoms with Crippen LogP contribution in [0.4, 0.5) is 0 Å². The lowest BCUT2D eigenvalue weighted by molar-refractivity contribution is -0.122. The van der Waals surface area contributed by atoms with E-state index in [4.69, 9.17) is 5.73 Å². The van der Waals surface area contributed by atoms with E-state index in [-0.39, 0.29) is 5.91 Å². The fourth-order valence-corrected chi connectivity index (χ4v) is 2.69. The third-order valence-electron chi connectivity index (χ3n) is 4.61. The number of aryl methyl sites for hydroxylation is 1. The topological polar surface area (TPSA) is 58.4 Å². The molecule has 25 heavy (non-hydrogen) atoms. The summed E-state index contributed by atoms with van der Waals surface area (Å²) in [5, 5.41) is 2.95. The molecule has 2 rings (SSSR count). The minimum Gasteiger partial charge on any atom is -0.354 e. The Hall–Kier alpha value is -2.17. The molecule has 0 aromatic heterocycles. The molecule has 2 atom stereocenters. The average Bonchev–Trinajstić information content (AvgIpc) is 2.62. The SMILES string of the molecule is Cc1ccc(C(N)C(=O)NCCC(C)N(C)Cc2ccccc2)cc1. The number of rotatable bonds is 8. The predicted octanol–water partition coefficient (Wildman–Crippen LogP) is 3.02. The zero-order valence-corrected chi connectivity index (χ0v) is 15.4. The third kappa shape index (κ3) is 6.00. The van der Waals surface area contributed by atoms with Crippen molar-refractivity contribution >= 4 is 5.91 Å². The summed E-state index contributed by atoms with van der Waals surface area (Å²) in [6, 6.07) is 17.9. The number of amides is 1. The molecule has 134 valence electrons. The Kier molecular flexibility index (Phi) is 7.16. The Morgan fingerprint density at radius 3 is 2.40 bits per heavy atom. The highest BCUT2D eigenvalue weighted by molar-refractivity contribution is 5.82. The van der Waals surface area contributed by atoms with E-state index in [0.29, 0.717) is 12.6 Å². The van der Waals surface area contributed by atoms with Gasteiger partial charge in [-0.1, -0.05) is 60.2 Å². The molecule has 1 amide bonds. The minimum atomic E-state index is -0.613. The van der Waals surface area contributed by atoms with Gasteiger partial charge < -0.3 is 11.1 Å². The van der Waals surface area contributed by atoms with E-state index in [2.05, 4.69) is 48.5 Å². The van der Waals surface area contributed by atoms with Gasteiger partial charge in [0, 0.05) is 19.1 Å². The first-order chi connectivity index (χ1) is 12.0. The Morgan fingerprint density at radius 1 is 1.12 bits per heavy atom. The van der Waals surface area contributed by atoms with Crippen LogP contribution < -0.4 is 11.1 Å². The molecule has 2 unspecified atom stereocenters. The smallest absolute Gasteiger partial charge is 0.241 e. The van der Waals surface area contributed by atoms with Crippen LogP contribution in [-0.4, -0.2) is 30.4 Å². The molecule has 0 aliphatic heterocycles. The molecule has 4 heteroatoms. The van der Waals surface area contributed by atoms with Crippen LogP contribution in [0.15, 0.2) is 54.6 Å². The maximum absolute atomic E-state index is 12.2. The van der Waals surface area contributed by atoms with Crippen LogP contribution in [0.25, 0.3) is 0 Å². The second-order valence-electron chi connectivity index (χ2n) is 6.72. The lowest BCUT2D eigenvalue weighted by Gasteiger charge is -2.25. The molecule has 0 radical (unpaired) electrons. The Bertz CT molecular complexity index is 655. The molecule has 3 N–H and O–H groups in total. The van der Waals surface area contributed by atoms with Gasteiger partial charge in [-0.05, 0) is 38.4 Å². The zero-order valence-electron chi connectivity index (χ0n) is 15.4. The predicted molar refractivity (Wildman–Crippen MR) is 103 cm³/mol. The molecule has 0 aliphatic carbocycles. The highest BCUT2D eigenvalue weighted by Gasteiger charge is 2.16. The molecule has 0 saturated carbocycles. The maximum Gasteiger partial charge on any atom is 0.241 e. The summed E-state index contributed by atoms with van der Waals surface area (Å²) >= 11 is 0. The second kappa shape index (κ2) is 9.35. The van der Waals surface area contributed by atoms with Gasteiger partial charge in [-0.25, -0.2) is 0 Å². The van der Waals surface area contributed by atoms with E-state index >= 15 is 0 Å². The van der Waals surface area contributed by atoms with Crippen molar-refractivity contribution in [1.29, 1.82) is 0 Å². The number of nitrogens with one attached hydrogen (secondary N) is 1. The second-order valence-corrected chi connectivity index (χ2v) is 6.72. The summed E-state index contributed by atoms with van der Waals surface area (Å²) < 4.78 is 0. The molecular formula is C21H29N3O. The number of carbonyl (C=O) groups is 1. The zero-order chi connectivity index (χ0) is 18.2. The minimum absolute atomic E-state index is 0.123. The van der Waals surface area contributed by atoms with E-state index in [1.165, 1.54) is 5.56 Å². The third-order valence-corrected chi connectivity index (χ3v) is 4.61. The van der Waals surface area contributed by atoms with E-state index < -0.39 is 6.04 Å². The summed E-state index contributed by atoms with van der Waals surface area (Å²) in [6.45, 7) is 5.72. The molecule has 0 fully saturated rings. The van der Waals surface area contributed by atoms with Gasteiger partial charge in [0.05, 0.1) is 0 Å². The lowest BCUT2D eigenvalue weighted by Crippen LogP contribution is -2.37. The Balaban J connectivity index is 1.75. The fourth-order valence-electron chi connectivity index (χ4n) is 2.69. The first-order valence-corrected chi connectivity index (χ1v) is 8.81. The number of benzene rings is 2. The highest BCUT2D eigenvalue weighted by atomic mass is 16.2. The van der Waals surface area contributed by atoms with Crippen molar-refractivity contribution in [3.05, 3.63) is 71.3 Å². The number of carbonyl (C=O) groups excluding carboxylic acids is 1. The molecule has 2 aromatic carbocycles. The van der Waals surface area contributed by atoms with Gasteiger partial charge in [-0.3, -0.25) is 9.69 Å². The fraction of sp³-hybridized carbons (Fsp3) is 0.381. The van der Waals surface area contributed by atoms with Crippen LogP contribution in [0.1, 0.15) is 36.1 Å². The standard InChI is InChI=1S/C21H29N3O/c1-16-9-11-19(12-10-16)20(22)21(25)23-14-13-17(2)24(3)15-18-7-5-4-6-8-18/h4-12,17,20H,13-15,22H2,1-3H3,(H,23,25). The molecule has 0 spiro atoms. The lowest BCUT2D eigenvalue weighted by atomic mass is 10.1. The van der Waals surface area contributed by atoms with Crippen molar-refractivity contribution in [1.82, 2.24) is 10.2 Å². The number of hydrogen-bond donors (Lipinski definition) is 2. The van der Waals surface area contributed by atoms with Crippen molar-refractivity contribution in [2.45, 2.75) is 38.9 Å². The first-order valence-electron chi connectivity index (χ1n) is 8.81. The summed E-state index contributed by atoms with van der Waals surface area (Å²) in [7, 11) is 2.11. The van der Waals surface area contributed by atoms with Gasteiger partial charge in [0.25, 0.3) is 0 Å². The monoisotopic (exact) mass is 339 g/mol. The van der Waals surface area contributed by atoms with Crippen molar-refractivity contribution < 1.29 is 4.79 Å². The van der Waals surface area contributed by atoms with Crippen molar-refractivity contribution in [2.24, 2.45) is 5.73 Å². The molecule has 0 aliphatic rings. The van der Waals surface area contributed by atoms with Gasteiger partial charge in [-0.2, -0.15) is 0 Å². The normalized spacial score (nSPS) is 13.5. The summed E-state index contributed by atoms with van der Waals surface area (Å²) in [5.41, 5.74) is 9.34. The number of nitrogens with two attached hydrogens (primary N) is 1.